The molecule has 1 aliphatic heterocycles. The molecule has 0 spiro atoms. The normalized spacial score (nSPS) is 20.4. The van der Waals surface area contributed by atoms with E-state index >= 15 is 0 Å². The number of aryl methyl sites for hydroxylation is 2. The highest BCUT2D eigenvalue weighted by atomic mass is 16.5. The molecule has 17 heavy (non-hydrogen) atoms. The molecule has 2 nitrogen and oxygen atoms in total. The molecule has 1 heterocycles. The number of rotatable bonds is 3. The van der Waals surface area contributed by atoms with Gasteiger partial charge in [0.2, 0.25) is 0 Å². The molecule has 0 radical (unpaired) electrons. The molecule has 1 saturated heterocycles. The average molecular weight is 227 g/mol. The lowest BCUT2D eigenvalue weighted by Gasteiger charge is -2.42. The third-order valence-corrected chi connectivity index (χ3v) is 4.18. The van der Waals surface area contributed by atoms with E-state index in [4.69, 9.17) is 10.00 Å². The van der Waals surface area contributed by atoms with Crippen molar-refractivity contribution in [3.05, 3.63) is 34.9 Å². The second-order valence-corrected chi connectivity index (χ2v) is 5.27. The highest BCUT2D eigenvalue weighted by Gasteiger charge is 2.40. The first-order valence-electron chi connectivity index (χ1n) is 6.41. The van der Waals surface area contributed by atoms with Crippen molar-refractivity contribution in [2.75, 3.05) is 13.2 Å². The fraction of sp³-hybridized carbons (Fsp3) is 0.533. The van der Waals surface area contributed by atoms with Gasteiger partial charge in [-0.25, -0.2) is 0 Å². The summed E-state index contributed by atoms with van der Waals surface area (Å²) in [6, 6.07) is 9.16. The molecule has 0 bridgehead atoms. The van der Waals surface area contributed by atoms with Gasteiger partial charge in [0.15, 0.2) is 0 Å². The Labute approximate surface area is 102 Å². The third kappa shape index (κ3) is 1.75. The van der Waals surface area contributed by atoms with E-state index in [2.05, 4.69) is 24.3 Å². The lowest BCUT2D eigenvalue weighted by atomic mass is 9.74. The molecule has 1 aromatic carbocycles. The SMILES string of the molecule is N#CCCC1(c2ccc3c(c2)CCC3)COC1. The largest absolute Gasteiger partial charge is 0.379 e. The van der Waals surface area contributed by atoms with Gasteiger partial charge in [0.05, 0.1) is 19.3 Å². The molecule has 2 aliphatic rings. The van der Waals surface area contributed by atoms with Crippen LogP contribution in [-0.2, 0) is 23.0 Å². The van der Waals surface area contributed by atoms with Gasteiger partial charge in [-0.3, -0.25) is 0 Å². The van der Waals surface area contributed by atoms with Crippen LogP contribution in [0.1, 0.15) is 36.0 Å². The Balaban J connectivity index is 1.89. The van der Waals surface area contributed by atoms with E-state index in [9.17, 15) is 0 Å². The number of fused-ring (bicyclic) bond motifs is 1. The van der Waals surface area contributed by atoms with E-state index < -0.39 is 0 Å². The van der Waals surface area contributed by atoms with Crippen molar-refractivity contribution in [1.82, 2.24) is 0 Å². The molecule has 2 heteroatoms. The number of hydrogen-bond donors (Lipinski definition) is 0. The number of nitriles is 1. The number of hydrogen-bond acceptors (Lipinski definition) is 2. The van der Waals surface area contributed by atoms with E-state index in [0.717, 1.165) is 19.6 Å². The third-order valence-electron chi connectivity index (χ3n) is 4.18. The van der Waals surface area contributed by atoms with E-state index in [1.165, 1.54) is 36.0 Å². The summed E-state index contributed by atoms with van der Waals surface area (Å²) >= 11 is 0. The van der Waals surface area contributed by atoms with Crippen LogP contribution in [0.3, 0.4) is 0 Å². The molecule has 1 aromatic rings. The summed E-state index contributed by atoms with van der Waals surface area (Å²) in [6.07, 6.45) is 5.30. The molecule has 0 saturated carbocycles. The van der Waals surface area contributed by atoms with Gasteiger partial charge in [0.25, 0.3) is 0 Å². The maximum absolute atomic E-state index is 8.76. The van der Waals surface area contributed by atoms with Crippen LogP contribution in [0, 0.1) is 11.3 Å². The van der Waals surface area contributed by atoms with E-state index in [1.807, 2.05) is 0 Å². The second-order valence-electron chi connectivity index (χ2n) is 5.27. The first-order valence-corrected chi connectivity index (χ1v) is 6.41. The van der Waals surface area contributed by atoms with Crippen molar-refractivity contribution in [2.45, 2.75) is 37.5 Å². The monoisotopic (exact) mass is 227 g/mol. The van der Waals surface area contributed by atoms with Gasteiger partial charge in [-0.1, -0.05) is 18.2 Å². The molecular weight excluding hydrogens is 210 g/mol. The molecule has 1 aliphatic carbocycles. The maximum atomic E-state index is 8.76. The van der Waals surface area contributed by atoms with Gasteiger partial charge in [-0.05, 0) is 42.4 Å². The van der Waals surface area contributed by atoms with Gasteiger partial charge in [-0.15, -0.1) is 0 Å². The van der Waals surface area contributed by atoms with Crippen molar-refractivity contribution < 1.29 is 4.74 Å². The topological polar surface area (TPSA) is 33.0 Å². The first-order chi connectivity index (χ1) is 8.34. The zero-order valence-electron chi connectivity index (χ0n) is 10.0. The fourth-order valence-corrected chi connectivity index (χ4v) is 3.00. The molecule has 1 fully saturated rings. The van der Waals surface area contributed by atoms with Crippen LogP contribution in [0.25, 0.3) is 0 Å². The molecule has 0 amide bonds. The zero-order chi connectivity index (χ0) is 11.7. The molecule has 0 atom stereocenters. The van der Waals surface area contributed by atoms with Gasteiger partial charge in [-0.2, -0.15) is 5.26 Å². The molecule has 0 unspecified atom stereocenters. The molecule has 3 rings (SSSR count). The zero-order valence-corrected chi connectivity index (χ0v) is 10.0. The van der Waals surface area contributed by atoms with Crippen LogP contribution >= 0.6 is 0 Å². The minimum absolute atomic E-state index is 0.132. The van der Waals surface area contributed by atoms with Crippen LogP contribution in [-0.4, -0.2) is 13.2 Å². The summed E-state index contributed by atoms with van der Waals surface area (Å²) in [5.74, 6) is 0. The number of benzene rings is 1. The van der Waals surface area contributed by atoms with E-state index in [-0.39, 0.29) is 5.41 Å². The van der Waals surface area contributed by atoms with Crippen LogP contribution in [0.5, 0.6) is 0 Å². The second kappa shape index (κ2) is 4.16. The smallest absolute Gasteiger partial charge is 0.0622 e. The minimum Gasteiger partial charge on any atom is -0.379 e. The van der Waals surface area contributed by atoms with Gasteiger partial charge < -0.3 is 4.74 Å². The Hall–Kier alpha value is -1.33. The maximum Gasteiger partial charge on any atom is 0.0622 e. The van der Waals surface area contributed by atoms with Crippen molar-refractivity contribution in [2.24, 2.45) is 0 Å². The Bertz CT molecular complexity index is 468. The summed E-state index contributed by atoms with van der Waals surface area (Å²) in [5.41, 5.74) is 4.56. The van der Waals surface area contributed by atoms with Gasteiger partial charge in [0, 0.05) is 11.8 Å². The molecule has 0 aromatic heterocycles. The average Bonchev–Trinajstić information content (AvgIpc) is 2.75. The van der Waals surface area contributed by atoms with Crippen LogP contribution in [0.2, 0.25) is 0 Å². The van der Waals surface area contributed by atoms with Crippen molar-refractivity contribution >= 4 is 0 Å². The summed E-state index contributed by atoms with van der Waals surface area (Å²) < 4.78 is 5.40. The van der Waals surface area contributed by atoms with Crippen molar-refractivity contribution in [3.8, 4) is 6.07 Å². The Morgan fingerprint density at radius 1 is 1.24 bits per heavy atom. The summed E-state index contributed by atoms with van der Waals surface area (Å²) in [6.45, 7) is 1.57. The minimum atomic E-state index is 0.132. The number of ether oxygens (including phenoxy) is 1. The highest BCUT2D eigenvalue weighted by Crippen LogP contribution is 2.38. The fourth-order valence-electron chi connectivity index (χ4n) is 3.00. The Kier molecular flexibility index (Phi) is 2.64. The Morgan fingerprint density at radius 2 is 2.06 bits per heavy atom. The predicted molar refractivity (Wildman–Crippen MR) is 65.8 cm³/mol. The predicted octanol–water partition coefficient (Wildman–Crippen LogP) is 2.75. The molecule has 0 N–H and O–H groups in total. The summed E-state index contributed by atoms with van der Waals surface area (Å²) in [5, 5.41) is 8.76. The lowest BCUT2D eigenvalue weighted by Crippen LogP contribution is -2.46. The summed E-state index contributed by atoms with van der Waals surface area (Å²) in [4.78, 5) is 0. The first kappa shape index (κ1) is 10.8. The quantitative estimate of drug-likeness (QED) is 0.795. The lowest BCUT2D eigenvalue weighted by molar-refractivity contribution is -0.0637. The van der Waals surface area contributed by atoms with Gasteiger partial charge >= 0.3 is 0 Å². The van der Waals surface area contributed by atoms with Crippen molar-refractivity contribution in [1.29, 1.82) is 5.26 Å². The van der Waals surface area contributed by atoms with Crippen LogP contribution in [0.15, 0.2) is 18.2 Å². The molecular formula is C15H17NO. The van der Waals surface area contributed by atoms with Crippen LogP contribution < -0.4 is 0 Å². The molecule has 88 valence electrons. The van der Waals surface area contributed by atoms with Crippen LogP contribution in [0.4, 0.5) is 0 Å². The van der Waals surface area contributed by atoms with E-state index in [1.54, 1.807) is 0 Å². The van der Waals surface area contributed by atoms with Gasteiger partial charge in [0.1, 0.15) is 0 Å². The highest BCUT2D eigenvalue weighted by molar-refractivity contribution is 5.39. The summed E-state index contributed by atoms with van der Waals surface area (Å²) in [7, 11) is 0. The van der Waals surface area contributed by atoms with E-state index in [0.29, 0.717) is 6.42 Å². The standard InChI is InChI=1S/C15H17NO/c16-8-2-7-15(10-17-11-15)14-6-5-12-3-1-4-13(12)9-14/h5-6,9H,1-4,7,10-11H2. The number of nitrogens with zero attached hydrogens (tertiary/aromatic N) is 1. The van der Waals surface area contributed by atoms with Crippen molar-refractivity contribution in [3.63, 3.8) is 0 Å². The Morgan fingerprint density at radius 3 is 2.76 bits per heavy atom.